The number of aryl methyl sites for hydroxylation is 1. The third kappa shape index (κ3) is 2.95. The van der Waals surface area contributed by atoms with Crippen LogP contribution in [0.4, 0.5) is 5.69 Å². The largest absolute Gasteiger partial charge is 0.481 e. The molecule has 1 amide bonds. The van der Waals surface area contributed by atoms with Gasteiger partial charge in [-0.05, 0) is 37.5 Å². The molecule has 0 aromatic heterocycles. The molecule has 7 heteroatoms. The van der Waals surface area contributed by atoms with E-state index in [1.54, 1.807) is 4.90 Å². The summed E-state index contributed by atoms with van der Waals surface area (Å²) >= 11 is 6.12. The van der Waals surface area contributed by atoms with Crippen molar-refractivity contribution < 1.29 is 19.4 Å². The van der Waals surface area contributed by atoms with E-state index in [1.807, 2.05) is 25.1 Å². The number of carboxylic acid groups (broad SMARTS) is 1. The van der Waals surface area contributed by atoms with Crippen molar-refractivity contribution >= 4 is 29.2 Å². The lowest BCUT2D eigenvalue weighted by Gasteiger charge is -2.39. The van der Waals surface area contributed by atoms with Crippen molar-refractivity contribution in [3.63, 3.8) is 0 Å². The number of carbonyl (C=O) groups excluding carboxylic acids is 1. The second-order valence-corrected chi connectivity index (χ2v) is 7.86. The molecular formula is C19H23ClN2O4. The molecule has 3 heterocycles. The highest BCUT2D eigenvalue weighted by molar-refractivity contribution is 6.30. The van der Waals surface area contributed by atoms with Crippen molar-refractivity contribution in [3.05, 3.63) is 28.8 Å². The predicted octanol–water partition coefficient (Wildman–Crippen LogP) is 2.18. The molecule has 2 bridgehead atoms. The second kappa shape index (κ2) is 6.74. The summed E-state index contributed by atoms with van der Waals surface area (Å²) in [7, 11) is 0. The van der Waals surface area contributed by atoms with Gasteiger partial charge < -0.3 is 19.6 Å². The van der Waals surface area contributed by atoms with Crippen LogP contribution in [-0.4, -0.2) is 60.3 Å². The Kier molecular flexibility index (Phi) is 4.57. The van der Waals surface area contributed by atoms with Gasteiger partial charge in [-0.2, -0.15) is 0 Å². The molecule has 1 aromatic rings. The summed E-state index contributed by atoms with van der Waals surface area (Å²) < 4.78 is 5.74. The summed E-state index contributed by atoms with van der Waals surface area (Å²) in [6.45, 7) is 4.65. The fraction of sp³-hybridized carbons (Fsp3) is 0.579. The Bertz CT molecular complexity index is 732. The number of carboxylic acids is 1. The molecule has 0 saturated carbocycles. The number of fused-ring (bicyclic) bond motifs is 2. The molecular weight excluding hydrogens is 356 g/mol. The Hall–Kier alpha value is -1.79. The Morgan fingerprint density at radius 1 is 1.12 bits per heavy atom. The van der Waals surface area contributed by atoms with Gasteiger partial charge in [-0.25, -0.2) is 0 Å². The van der Waals surface area contributed by atoms with Crippen LogP contribution in [0.2, 0.25) is 5.02 Å². The van der Waals surface area contributed by atoms with Crippen molar-refractivity contribution in [2.24, 2.45) is 11.8 Å². The van der Waals surface area contributed by atoms with Gasteiger partial charge in [-0.3, -0.25) is 9.59 Å². The van der Waals surface area contributed by atoms with E-state index in [9.17, 15) is 14.7 Å². The summed E-state index contributed by atoms with van der Waals surface area (Å²) in [5, 5.41) is 10.2. The molecule has 1 aromatic carbocycles. The number of carbonyl (C=O) groups is 2. The number of ether oxygens (including phenoxy) is 1. The molecule has 3 aliphatic rings. The van der Waals surface area contributed by atoms with Crippen LogP contribution in [-0.2, 0) is 14.3 Å². The van der Waals surface area contributed by atoms with Gasteiger partial charge in [-0.1, -0.05) is 17.7 Å². The van der Waals surface area contributed by atoms with Crippen LogP contribution in [0.3, 0.4) is 0 Å². The molecule has 4 rings (SSSR count). The van der Waals surface area contributed by atoms with E-state index in [4.69, 9.17) is 16.3 Å². The van der Waals surface area contributed by atoms with Crippen molar-refractivity contribution in [2.75, 3.05) is 31.1 Å². The number of aliphatic carboxylic acids is 1. The second-order valence-electron chi connectivity index (χ2n) is 7.42. The first-order valence-electron chi connectivity index (χ1n) is 9.14. The lowest BCUT2D eigenvalue weighted by molar-refractivity contribution is -0.151. The molecule has 4 unspecified atom stereocenters. The normalized spacial score (nSPS) is 30.7. The third-order valence-corrected chi connectivity index (χ3v) is 6.18. The van der Waals surface area contributed by atoms with Gasteiger partial charge in [0.15, 0.2) is 0 Å². The first-order chi connectivity index (χ1) is 12.5. The van der Waals surface area contributed by atoms with E-state index in [-0.39, 0.29) is 18.1 Å². The van der Waals surface area contributed by atoms with Gasteiger partial charge in [0.1, 0.15) is 0 Å². The van der Waals surface area contributed by atoms with E-state index in [1.165, 1.54) is 0 Å². The van der Waals surface area contributed by atoms with E-state index < -0.39 is 17.8 Å². The maximum atomic E-state index is 13.0. The molecule has 0 spiro atoms. The summed E-state index contributed by atoms with van der Waals surface area (Å²) in [5.41, 5.74) is 2.25. The van der Waals surface area contributed by atoms with E-state index in [0.29, 0.717) is 31.2 Å². The predicted molar refractivity (Wildman–Crippen MR) is 97.5 cm³/mol. The Morgan fingerprint density at radius 3 is 2.42 bits per heavy atom. The summed E-state index contributed by atoms with van der Waals surface area (Å²) in [4.78, 5) is 28.7. The van der Waals surface area contributed by atoms with Crippen molar-refractivity contribution in [1.82, 2.24) is 4.90 Å². The zero-order valence-electron chi connectivity index (χ0n) is 14.7. The minimum Gasteiger partial charge on any atom is -0.481 e. The van der Waals surface area contributed by atoms with Crippen molar-refractivity contribution in [3.8, 4) is 0 Å². The molecule has 26 heavy (non-hydrogen) atoms. The Labute approximate surface area is 157 Å². The molecule has 0 radical (unpaired) electrons. The minimum absolute atomic E-state index is 0.0629. The SMILES string of the molecule is Cc1ccc(Cl)cc1N1CCN(C(=O)C2C3CCC(O3)C2C(=O)O)CC1. The molecule has 3 saturated heterocycles. The van der Waals surface area contributed by atoms with Crippen molar-refractivity contribution in [2.45, 2.75) is 32.0 Å². The molecule has 0 aliphatic carbocycles. The first kappa shape index (κ1) is 17.6. The molecule has 6 nitrogen and oxygen atoms in total. The Balaban J connectivity index is 1.44. The highest BCUT2D eigenvalue weighted by Gasteiger charge is 2.56. The van der Waals surface area contributed by atoms with E-state index in [2.05, 4.69) is 4.90 Å². The van der Waals surface area contributed by atoms with Crippen LogP contribution >= 0.6 is 11.6 Å². The molecule has 140 valence electrons. The fourth-order valence-electron chi connectivity index (χ4n) is 4.61. The average Bonchev–Trinajstić information content (AvgIpc) is 3.24. The third-order valence-electron chi connectivity index (χ3n) is 5.95. The number of rotatable bonds is 3. The maximum absolute atomic E-state index is 13.0. The van der Waals surface area contributed by atoms with Gasteiger partial charge in [0.2, 0.25) is 5.91 Å². The van der Waals surface area contributed by atoms with Gasteiger partial charge in [0.05, 0.1) is 24.0 Å². The first-order valence-corrected chi connectivity index (χ1v) is 9.51. The highest BCUT2D eigenvalue weighted by Crippen LogP contribution is 2.44. The molecule has 3 fully saturated rings. The minimum atomic E-state index is -0.913. The van der Waals surface area contributed by atoms with Gasteiger partial charge in [0, 0.05) is 36.9 Å². The van der Waals surface area contributed by atoms with Crippen LogP contribution in [0.5, 0.6) is 0 Å². The van der Waals surface area contributed by atoms with Crippen LogP contribution in [0.1, 0.15) is 18.4 Å². The number of halogens is 1. The zero-order valence-corrected chi connectivity index (χ0v) is 15.5. The van der Waals surface area contributed by atoms with Crippen LogP contribution in [0.25, 0.3) is 0 Å². The molecule has 3 aliphatic heterocycles. The summed E-state index contributed by atoms with van der Waals surface area (Å²) in [6, 6.07) is 5.83. The lowest BCUT2D eigenvalue weighted by Crippen LogP contribution is -2.53. The maximum Gasteiger partial charge on any atom is 0.310 e. The zero-order chi connectivity index (χ0) is 18.4. The average molecular weight is 379 g/mol. The number of hydrogen-bond acceptors (Lipinski definition) is 4. The van der Waals surface area contributed by atoms with Gasteiger partial charge in [0.25, 0.3) is 0 Å². The summed E-state index contributed by atoms with van der Waals surface area (Å²) in [6.07, 6.45) is 0.989. The topological polar surface area (TPSA) is 70.1 Å². The van der Waals surface area contributed by atoms with E-state index in [0.717, 1.165) is 24.1 Å². The monoisotopic (exact) mass is 378 g/mol. The number of piperazine rings is 1. The Morgan fingerprint density at radius 2 is 1.77 bits per heavy atom. The van der Waals surface area contributed by atoms with Gasteiger partial charge in [-0.15, -0.1) is 0 Å². The van der Waals surface area contributed by atoms with Crippen LogP contribution < -0.4 is 4.90 Å². The summed E-state index contributed by atoms with van der Waals surface area (Å²) in [5.74, 6) is -2.21. The quantitative estimate of drug-likeness (QED) is 0.873. The fourth-order valence-corrected chi connectivity index (χ4v) is 4.77. The molecule has 1 N–H and O–H groups in total. The lowest BCUT2D eigenvalue weighted by atomic mass is 9.78. The number of benzene rings is 1. The van der Waals surface area contributed by atoms with Gasteiger partial charge >= 0.3 is 5.97 Å². The number of hydrogen-bond donors (Lipinski definition) is 1. The molecule has 4 atom stereocenters. The van der Waals surface area contributed by atoms with Crippen LogP contribution in [0, 0.1) is 18.8 Å². The number of nitrogens with zero attached hydrogens (tertiary/aromatic N) is 2. The number of amides is 1. The van der Waals surface area contributed by atoms with E-state index >= 15 is 0 Å². The standard InChI is InChI=1S/C19H23ClN2O4/c1-11-2-3-12(20)10-13(11)21-6-8-22(9-7-21)18(23)16-14-4-5-15(26-14)17(16)19(24)25/h2-3,10,14-17H,4-9H2,1H3,(H,24,25). The highest BCUT2D eigenvalue weighted by atomic mass is 35.5. The smallest absolute Gasteiger partial charge is 0.310 e. The van der Waals surface area contributed by atoms with Crippen LogP contribution in [0.15, 0.2) is 18.2 Å². The number of anilines is 1. The van der Waals surface area contributed by atoms with Crippen molar-refractivity contribution in [1.29, 1.82) is 0 Å².